The molecule has 184 valence electrons. The fraction of sp³-hybridized carbons (Fsp3) is 0.250. The molecule has 3 heterocycles. The second-order valence-electron chi connectivity index (χ2n) is 7.42. The van der Waals surface area contributed by atoms with Gasteiger partial charge < -0.3 is 9.84 Å². The highest BCUT2D eigenvalue weighted by Crippen LogP contribution is 2.41. The Labute approximate surface area is 222 Å². The number of thioether (sulfide) groups is 1. The van der Waals surface area contributed by atoms with Crippen molar-refractivity contribution < 1.29 is 14.6 Å². The molecule has 0 saturated heterocycles. The van der Waals surface area contributed by atoms with Gasteiger partial charge in [-0.25, -0.2) is 9.67 Å². The topological polar surface area (TPSA) is 90.1 Å². The van der Waals surface area contributed by atoms with E-state index in [1.165, 1.54) is 11.3 Å². The number of halogens is 2. The Balaban J connectivity index is 0.00000167. The smallest absolute Gasteiger partial charge is 0.212 e. The molecule has 35 heavy (non-hydrogen) atoms. The highest BCUT2D eigenvalue weighted by Gasteiger charge is 2.23. The molecule has 0 unspecified atom stereocenters. The fourth-order valence-electron chi connectivity index (χ4n) is 3.33. The molecule has 0 atom stereocenters. The van der Waals surface area contributed by atoms with Crippen molar-refractivity contribution in [1.82, 2.24) is 19.7 Å². The number of aryl methyl sites for hydroxylation is 1. The number of methoxy groups -OCH3 is 1. The van der Waals surface area contributed by atoms with Gasteiger partial charge in [0.1, 0.15) is 11.4 Å². The third-order valence-electron chi connectivity index (χ3n) is 4.75. The van der Waals surface area contributed by atoms with Gasteiger partial charge in [0.25, 0.3) is 0 Å². The third-order valence-corrected chi connectivity index (χ3v) is 7.73. The lowest BCUT2D eigenvalue weighted by Crippen LogP contribution is -2.01. The first kappa shape index (κ1) is 27.2. The molecule has 11 heteroatoms. The van der Waals surface area contributed by atoms with Crippen molar-refractivity contribution in [3.05, 3.63) is 58.1 Å². The number of nitrogens with zero attached hydrogens (tertiary/aromatic N) is 4. The molecule has 0 aliphatic carbocycles. The van der Waals surface area contributed by atoms with Crippen LogP contribution in [0.3, 0.4) is 0 Å². The molecule has 1 N–H and O–H groups in total. The number of pyridine rings is 1. The number of aliphatic hydroxyl groups is 1. The van der Waals surface area contributed by atoms with Crippen LogP contribution >= 0.6 is 46.3 Å². The molecule has 7 nitrogen and oxygen atoms in total. The van der Waals surface area contributed by atoms with Crippen molar-refractivity contribution in [3.63, 3.8) is 0 Å². The molecule has 0 aliphatic heterocycles. The summed E-state index contributed by atoms with van der Waals surface area (Å²) in [6, 6.07) is 7.28. The third kappa shape index (κ3) is 5.87. The number of rotatable bonds is 7. The Morgan fingerprint density at radius 2 is 1.89 bits per heavy atom. The van der Waals surface area contributed by atoms with E-state index in [2.05, 4.69) is 23.9 Å². The molecule has 0 aliphatic rings. The van der Waals surface area contributed by atoms with Gasteiger partial charge in [-0.1, -0.05) is 54.5 Å². The summed E-state index contributed by atoms with van der Waals surface area (Å²) >= 11 is 15.6. The van der Waals surface area contributed by atoms with Crippen molar-refractivity contribution in [2.45, 2.75) is 30.2 Å². The summed E-state index contributed by atoms with van der Waals surface area (Å²) in [5, 5.41) is 13.5. The zero-order valence-corrected chi connectivity index (χ0v) is 22.9. The Kier molecular flexibility index (Phi) is 9.32. The standard InChI is InChI=1S/C23H20Cl2N4O2S2.CH4O/c1-12(2)32-22-21(14-5-6-17(24)18(25)8-14)27-23(33-22)29-19(11-30)20(13(3)28-29)15-7-16(31-4)10-26-9-15;1-2/h5-12H,1-4H3;2H,1H3. The van der Waals surface area contributed by atoms with Crippen LogP contribution in [0.1, 0.15) is 30.0 Å². The number of hydrogen-bond donors (Lipinski definition) is 1. The first-order chi connectivity index (χ1) is 16.8. The maximum atomic E-state index is 12.2. The molecule has 4 rings (SSSR count). The van der Waals surface area contributed by atoms with Gasteiger partial charge >= 0.3 is 0 Å². The molecule has 0 fully saturated rings. The zero-order valence-electron chi connectivity index (χ0n) is 19.7. The van der Waals surface area contributed by atoms with Crippen LogP contribution in [0.15, 0.2) is 40.9 Å². The second kappa shape index (κ2) is 12.0. The van der Waals surface area contributed by atoms with E-state index in [1.54, 1.807) is 48.1 Å². The first-order valence-corrected chi connectivity index (χ1v) is 12.9. The second-order valence-corrected chi connectivity index (χ2v) is 11.1. The maximum Gasteiger partial charge on any atom is 0.212 e. The molecular weight excluding hydrogens is 527 g/mol. The quantitative estimate of drug-likeness (QED) is 0.204. The largest absolute Gasteiger partial charge is 0.495 e. The van der Waals surface area contributed by atoms with Gasteiger partial charge in [0.15, 0.2) is 6.29 Å². The summed E-state index contributed by atoms with van der Waals surface area (Å²) in [4.78, 5) is 21.3. The molecule has 0 saturated carbocycles. The first-order valence-electron chi connectivity index (χ1n) is 10.4. The van der Waals surface area contributed by atoms with Gasteiger partial charge in [-0.3, -0.25) is 9.78 Å². The molecule has 4 aromatic rings. The number of carbonyl (C=O) groups is 1. The lowest BCUT2D eigenvalue weighted by Gasteiger charge is -2.05. The van der Waals surface area contributed by atoms with E-state index in [0.717, 1.165) is 34.4 Å². The molecule has 1 aromatic carbocycles. The monoisotopic (exact) mass is 550 g/mol. The average molecular weight is 552 g/mol. The number of hydrogen-bond acceptors (Lipinski definition) is 8. The van der Waals surface area contributed by atoms with Crippen molar-refractivity contribution in [2.75, 3.05) is 14.2 Å². The summed E-state index contributed by atoms with van der Waals surface area (Å²) < 4.78 is 7.89. The van der Waals surface area contributed by atoms with E-state index < -0.39 is 0 Å². The van der Waals surface area contributed by atoms with E-state index in [1.807, 2.05) is 19.1 Å². The summed E-state index contributed by atoms with van der Waals surface area (Å²) in [5.41, 5.74) is 4.17. The van der Waals surface area contributed by atoms with Crippen LogP contribution in [0, 0.1) is 6.92 Å². The number of aldehydes is 1. The van der Waals surface area contributed by atoms with Crippen molar-refractivity contribution in [2.24, 2.45) is 0 Å². The molecule has 0 bridgehead atoms. The Bertz CT molecular complexity index is 1340. The van der Waals surface area contributed by atoms with E-state index in [4.69, 9.17) is 38.0 Å². The minimum atomic E-state index is 0.336. The number of benzene rings is 1. The average Bonchev–Trinajstić information content (AvgIpc) is 3.42. The van der Waals surface area contributed by atoms with Crippen molar-refractivity contribution in [3.8, 4) is 33.3 Å². The summed E-state index contributed by atoms with van der Waals surface area (Å²) in [6.45, 7) is 6.09. The van der Waals surface area contributed by atoms with Gasteiger partial charge in [0.05, 0.1) is 38.9 Å². The van der Waals surface area contributed by atoms with Crippen LogP contribution in [0.4, 0.5) is 0 Å². The number of aliphatic hydroxyl groups excluding tert-OH is 1. The van der Waals surface area contributed by atoms with Crippen LogP contribution < -0.4 is 4.74 Å². The summed E-state index contributed by atoms with van der Waals surface area (Å²) in [7, 11) is 2.58. The number of ether oxygens (including phenoxy) is 1. The van der Waals surface area contributed by atoms with Crippen LogP contribution in [-0.2, 0) is 0 Å². The molecular formula is C24H24Cl2N4O3S2. The van der Waals surface area contributed by atoms with Gasteiger partial charge in [0.2, 0.25) is 5.13 Å². The van der Waals surface area contributed by atoms with Gasteiger partial charge in [-0.2, -0.15) is 5.10 Å². The van der Waals surface area contributed by atoms with Crippen LogP contribution in [0.5, 0.6) is 5.75 Å². The SMILES string of the molecule is CO.COc1cncc(-c2c(C)nn(-c3nc(-c4ccc(Cl)c(Cl)c4)c(SC(C)C)s3)c2C=O)c1. The Morgan fingerprint density at radius 3 is 2.51 bits per heavy atom. The lowest BCUT2D eigenvalue weighted by atomic mass is 10.1. The van der Waals surface area contributed by atoms with Crippen molar-refractivity contribution in [1.29, 1.82) is 0 Å². The number of thiazole rings is 1. The summed E-state index contributed by atoms with van der Waals surface area (Å²) in [5.74, 6) is 0.600. The van der Waals surface area contributed by atoms with Gasteiger partial charge in [0, 0.05) is 35.2 Å². The minimum absolute atomic E-state index is 0.336. The van der Waals surface area contributed by atoms with Crippen LogP contribution in [0.25, 0.3) is 27.5 Å². The predicted octanol–water partition coefficient (Wildman–Crippen LogP) is 6.60. The fourth-order valence-corrected chi connectivity index (χ4v) is 6.11. The molecule has 0 radical (unpaired) electrons. The maximum absolute atomic E-state index is 12.2. The normalized spacial score (nSPS) is 10.8. The Hall–Kier alpha value is -2.43. The van der Waals surface area contributed by atoms with Gasteiger partial charge in [-0.05, 0) is 25.1 Å². The highest BCUT2D eigenvalue weighted by molar-refractivity contribution is 8.01. The van der Waals surface area contributed by atoms with Crippen molar-refractivity contribution >= 4 is 52.6 Å². The van der Waals surface area contributed by atoms with E-state index in [0.29, 0.717) is 43.1 Å². The molecule has 3 aromatic heterocycles. The minimum Gasteiger partial charge on any atom is -0.495 e. The zero-order chi connectivity index (χ0) is 25.7. The number of carbonyl (C=O) groups excluding carboxylic acids is 1. The number of aromatic nitrogens is 4. The lowest BCUT2D eigenvalue weighted by molar-refractivity contribution is 0.111. The van der Waals surface area contributed by atoms with Crippen LogP contribution in [-0.4, -0.2) is 50.6 Å². The van der Waals surface area contributed by atoms with E-state index in [9.17, 15) is 4.79 Å². The molecule has 0 spiro atoms. The van der Waals surface area contributed by atoms with Gasteiger partial charge in [-0.15, -0.1) is 11.8 Å². The predicted molar refractivity (Wildman–Crippen MR) is 144 cm³/mol. The van der Waals surface area contributed by atoms with E-state index >= 15 is 0 Å². The highest BCUT2D eigenvalue weighted by atomic mass is 35.5. The van der Waals surface area contributed by atoms with Crippen LogP contribution in [0.2, 0.25) is 10.0 Å². The molecule has 0 amide bonds. The Morgan fingerprint density at radius 1 is 1.14 bits per heavy atom. The summed E-state index contributed by atoms with van der Waals surface area (Å²) in [6.07, 6.45) is 4.10. The van der Waals surface area contributed by atoms with E-state index in [-0.39, 0.29) is 0 Å².